The summed E-state index contributed by atoms with van der Waals surface area (Å²) in [6.07, 6.45) is 3.32. The zero-order valence-electron chi connectivity index (χ0n) is 6.48. The van der Waals surface area contributed by atoms with Gasteiger partial charge in [0, 0.05) is 12.2 Å². The highest BCUT2D eigenvalue weighted by Crippen LogP contribution is 2.20. The molecular formula is C8H13NS. The van der Waals surface area contributed by atoms with E-state index in [0.29, 0.717) is 0 Å². The first-order valence-electron chi connectivity index (χ1n) is 3.59. The van der Waals surface area contributed by atoms with Crippen molar-refractivity contribution in [1.82, 2.24) is 5.32 Å². The third kappa shape index (κ3) is 2.10. The topological polar surface area (TPSA) is 12.0 Å². The number of hydrogen-bond donors (Lipinski definition) is 1. The van der Waals surface area contributed by atoms with Gasteiger partial charge in [-0.3, -0.25) is 0 Å². The first-order chi connectivity index (χ1) is 4.83. The van der Waals surface area contributed by atoms with Crippen molar-refractivity contribution in [2.75, 3.05) is 6.54 Å². The van der Waals surface area contributed by atoms with Gasteiger partial charge in [0.1, 0.15) is 0 Å². The minimum atomic E-state index is 0.985. The molecule has 0 aromatic heterocycles. The fraction of sp³-hybridized carbons (Fsp3) is 0.500. The van der Waals surface area contributed by atoms with Crippen LogP contribution in [0.1, 0.15) is 20.3 Å². The van der Waals surface area contributed by atoms with Crippen molar-refractivity contribution in [3.63, 3.8) is 0 Å². The number of hydrogen-bond acceptors (Lipinski definition) is 2. The third-order valence-electron chi connectivity index (χ3n) is 1.49. The molecule has 1 N–H and O–H groups in total. The molecule has 0 aliphatic carbocycles. The SMILES string of the molecule is CCC1=CSC(C)=CCN1. The lowest BCUT2D eigenvalue weighted by atomic mass is 10.4. The van der Waals surface area contributed by atoms with Crippen molar-refractivity contribution in [3.8, 4) is 0 Å². The lowest BCUT2D eigenvalue weighted by molar-refractivity contribution is 0.848. The first kappa shape index (κ1) is 7.73. The zero-order chi connectivity index (χ0) is 7.40. The van der Waals surface area contributed by atoms with E-state index in [9.17, 15) is 0 Å². The predicted molar refractivity (Wildman–Crippen MR) is 47.7 cm³/mol. The highest BCUT2D eigenvalue weighted by atomic mass is 32.2. The Morgan fingerprint density at radius 2 is 2.50 bits per heavy atom. The van der Waals surface area contributed by atoms with E-state index in [0.717, 1.165) is 13.0 Å². The first-order valence-corrected chi connectivity index (χ1v) is 4.47. The van der Waals surface area contributed by atoms with Gasteiger partial charge in [-0.2, -0.15) is 0 Å². The second-order valence-electron chi connectivity index (χ2n) is 2.31. The average Bonchev–Trinajstić information content (AvgIpc) is 2.14. The molecule has 0 fully saturated rings. The molecule has 1 heterocycles. The van der Waals surface area contributed by atoms with Crippen molar-refractivity contribution < 1.29 is 0 Å². The summed E-state index contributed by atoms with van der Waals surface area (Å²) < 4.78 is 0. The highest BCUT2D eigenvalue weighted by molar-refractivity contribution is 8.05. The van der Waals surface area contributed by atoms with Crippen LogP contribution in [0, 0.1) is 0 Å². The Morgan fingerprint density at radius 1 is 1.70 bits per heavy atom. The van der Waals surface area contributed by atoms with Crippen LogP contribution in [0.3, 0.4) is 0 Å². The molecule has 1 rings (SSSR count). The molecule has 0 spiro atoms. The molecule has 0 aromatic rings. The fourth-order valence-corrected chi connectivity index (χ4v) is 1.55. The Balaban J connectivity index is 2.54. The van der Waals surface area contributed by atoms with Crippen LogP contribution in [-0.4, -0.2) is 6.54 Å². The van der Waals surface area contributed by atoms with Crippen molar-refractivity contribution in [2.24, 2.45) is 0 Å². The largest absolute Gasteiger partial charge is 0.384 e. The summed E-state index contributed by atoms with van der Waals surface area (Å²) in [6.45, 7) is 5.29. The molecule has 0 atom stereocenters. The number of thioether (sulfide) groups is 1. The minimum absolute atomic E-state index is 0.985. The van der Waals surface area contributed by atoms with Crippen LogP contribution in [0.5, 0.6) is 0 Å². The van der Waals surface area contributed by atoms with Gasteiger partial charge in [0.15, 0.2) is 0 Å². The van der Waals surface area contributed by atoms with Gasteiger partial charge in [-0.15, -0.1) is 11.8 Å². The molecule has 0 saturated carbocycles. The minimum Gasteiger partial charge on any atom is -0.384 e. The van der Waals surface area contributed by atoms with Crippen LogP contribution in [0.15, 0.2) is 22.1 Å². The van der Waals surface area contributed by atoms with E-state index in [1.165, 1.54) is 10.6 Å². The third-order valence-corrected chi connectivity index (χ3v) is 2.43. The van der Waals surface area contributed by atoms with Gasteiger partial charge in [-0.25, -0.2) is 0 Å². The maximum atomic E-state index is 3.33. The maximum absolute atomic E-state index is 3.33. The van der Waals surface area contributed by atoms with Crippen molar-refractivity contribution in [3.05, 3.63) is 22.1 Å². The van der Waals surface area contributed by atoms with E-state index in [-0.39, 0.29) is 0 Å². The second-order valence-corrected chi connectivity index (χ2v) is 3.43. The molecule has 0 amide bonds. The summed E-state index contributed by atoms with van der Waals surface area (Å²) in [5.41, 5.74) is 1.35. The van der Waals surface area contributed by atoms with E-state index in [1.807, 2.05) is 11.8 Å². The monoisotopic (exact) mass is 155 g/mol. The Hall–Kier alpha value is -0.370. The van der Waals surface area contributed by atoms with Gasteiger partial charge in [0.05, 0.1) is 0 Å². The second kappa shape index (κ2) is 3.71. The van der Waals surface area contributed by atoms with Crippen LogP contribution in [0.25, 0.3) is 0 Å². The van der Waals surface area contributed by atoms with Gasteiger partial charge in [0.2, 0.25) is 0 Å². The Labute approximate surface area is 66.6 Å². The van der Waals surface area contributed by atoms with Gasteiger partial charge in [-0.05, 0) is 23.7 Å². The number of rotatable bonds is 1. The summed E-state index contributed by atoms with van der Waals surface area (Å²) in [6, 6.07) is 0. The Morgan fingerprint density at radius 3 is 3.20 bits per heavy atom. The Bertz CT molecular complexity index is 170. The molecule has 1 aliphatic rings. The van der Waals surface area contributed by atoms with Crippen molar-refractivity contribution in [1.29, 1.82) is 0 Å². The molecular weight excluding hydrogens is 142 g/mol. The molecule has 56 valence electrons. The van der Waals surface area contributed by atoms with Crippen LogP contribution < -0.4 is 5.32 Å². The van der Waals surface area contributed by atoms with Crippen LogP contribution in [-0.2, 0) is 0 Å². The summed E-state index contributed by atoms with van der Waals surface area (Å²) >= 11 is 1.81. The lowest BCUT2D eigenvalue weighted by Crippen LogP contribution is -2.10. The van der Waals surface area contributed by atoms with E-state index < -0.39 is 0 Å². The molecule has 0 unspecified atom stereocenters. The van der Waals surface area contributed by atoms with E-state index in [2.05, 4.69) is 30.6 Å². The van der Waals surface area contributed by atoms with Crippen molar-refractivity contribution >= 4 is 11.8 Å². The van der Waals surface area contributed by atoms with Gasteiger partial charge >= 0.3 is 0 Å². The molecule has 0 bridgehead atoms. The molecule has 0 aromatic carbocycles. The van der Waals surface area contributed by atoms with Crippen LogP contribution in [0.2, 0.25) is 0 Å². The normalized spacial score (nSPS) is 18.6. The molecule has 1 nitrogen and oxygen atoms in total. The number of nitrogens with one attached hydrogen (secondary N) is 1. The van der Waals surface area contributed by atoms with E-state index in [1.54, 1.807) is 0 Å². The summed E-state index contributed by atoms with van der Waals surface area (Å²) in [7, 11) is 0. The lowest BCUT2D eigenvalue weighted by Gasteiger charge is -2.01. The molecule has 10 heavy (non-hydrogen) atoms. The standard InChI is InChI=1S/C8H13NS/c1-3-8-6-10-7(2)4-5-9-8/h4,6,9H,3,5H2,1-2H3. The summed E-state index contributed by atoms with van der Waals surface area (Å²) in [5.74, 6) is 0. The zero-order valence-corrected chi connectivity index (χ0v) is 7.29. The fourth-order valence-electron chi connectivity index (χ4n) is 0.788. The quantitative estimate of drug-likeness (QED) is 0.624. The summed E-state index contributed by atoms with van der Waals surface area (Å²) in [5, 5.41) is 5.52. The van der Waals surface area contributed by atoms with Gasteiger partial charge < -0.3 is 5.32 Å². The molecule has 2 heteroatoms. The summed E-state index contributed by atoms with van der Waals surface area (Å²) in [4.78, 5) is 1.39. The van der Waals surface area contributed by atoms with Gasteiger partial charge in [0.25, 0.3) is 0 Å². The van der Waals surface area contributed by atoms with Crippen LogP contribution >= 0.6 is 11.8 Å². The molecule has 0 saturated heterocycles. The smallest absolute Gasteiger partial charge is 0.0338 e. The molecule has 1 aliphatic heterocycles. The van der Waals surface area contributed by atoms with Crippen molar-refractivity contribution in [2.45, 2.75) is 20.3 Å². The van der Waals surface area contributed by atoms with E-state index in [4.69, 9.17) is 0 Å². The molecule has 0 radical (unpaired) electrons. The maximum Gasteiger partial charge on any atom is 0.0338 e. The number of allylic oxidation sites excluding steroid dienone is 2. The highest BCUT2D eigenvalue weighted by Gasteiger charge is 1.96. The average molecular weight is 155 g/mol. The van der Waals surface area contributed by atoms with Crippen LogP contribution in [0.4, 0.5) is 0 Å². The predicted octanol–water partition coefficient (Wildman–Crippen LogP) is 2.48. The Kier molecular flexibility index (Phi) is 2.87. The van der Waals surface area contributed by atoms with Gasteiger partial charge in [-0.1, -0.05) is 13.0 Å². The van der Waals surface area contributed by atoms with E-state index >= 15 is 0 Å².